The second-order valence-electron chi connectivity index (χ2n) is 3.49. The number of nitrogens with zero attached hydrogens (tertiary/aromatic N) is 1. The molecule has 94 valence electrons. The zero-order chi connectivity index (χ0) is 13.4. The van der Waals surface area contributed by atoms with Gasteiger partial charge in [-0.3, -0.25) is 14.9 Å². The van der Waals surface area contributed by atoms with Crippen molar-refractivity contribution in [2.45, 2.75) is 6.92 Å². The summed E-state index contributed by atoms with van der Waals surface area (Å²) < 4.78 is 0. The van der Waals surface area contributed by atoms with Crippen LogP contribution in [0.2, 0.25) is 0 Å². The molecule has 5 heteroatoms. The maximum absolute atomic E-state index is 11.7. The highest BCUT2D eigenvalue weighted by atomic mass is 16.6. The summed E-state index contributed by atoms with van der Waals surface area (Å²) in [5.74, 6) is -0.116. The Morgan fingerprint density at radius 1 is 1.33 bits per heavy atom. The van der Waals surface area contributed by atoms with Gasteiger partial charge in [-0.05, 0) is 31.3 Å². The first kappa shape index (κ1) is 13.6. The fraction of sp³-hybridized carbons (Fsp3) is 0.154. The zero-order valence-electron chi connectivity index (χ0n) is 10.00. The van der Waals surface area contributed by atoms with Crippen molar-refractivity contribution in [2.75, 3.05) is 6.54 Å². The van der Waals surface area contributed by atoms with Gasteiger partial charge in [0.25, 0.3) is 5.69 Å². The molecule has 0 unspecified atom stereocenters. The smallest absolute Gasteiger partial charge is 0.269 e. The summed E-state index contributed by atoms with van der Waals surface area (Å²) in [5, 5.41) is 13.3. The number of carbonyl (C=O) groups excluding carboxylic acids is 1. The van der Waals surface area contributed by atoms with E-state index in [2.05, 4.69) is 5.32 Å². The van der Waals surface area contributed by atoms with E-state index >= 15 is 0 Å². The van der Waals surface area contributed by atoms with E-state index < -0.39 is 4.92 Å². The third kappa shape index (κ3) is 4.21. The average Bonchev–Trinajstić information content (AvgIpc) is 2.38. The largest absolute Gasteiger partial charge is 0.383 e. The van der Waals surface area contributed by atoms with E-state index in [9.17, 15) is 14.9 Å². The van der Waals surface area contributed by atoms with Crippen molar-refractivity contribution in [2.24, 2.45) is 0 Å². The van der Waals surface area contributed by atoms with E-state index in [0.29, 0.717) is 5.56 Å². The molecule has 0 aliphatic heterocycles. The fourth-order valence-electron chi connectivity index (χ4n) is 1.26. The van der Waals surface area contributed by atoms with E-state index in [-0.39, 0.29) is 18.0 Å². The summed E-state index contributed by atoms with van der Waals surface area (Å²) in [5.41, 5.74) is 0.431. The highest BCUT2D eigenvalue weighted by Gasteiger charge is 2.08. The molecule has 0 radical (unpaired) electrons. The summed E-state index contributed by atoms with van der Waals surface area (Å²) in [6.45, 7) is 2.05. The second-order valence-corrected chi connectivity index (χ2v) is 3.49. The predicted molar refractivity (Wildman–Crippen MR) is 69.4 cm³/mol. The van der Waals surface area contributed by atoms with Gasteiger partial charge in [-0.1, -0.05) is 12.2 Å². The lowest BCUT2D eigenvalue weighted by atomic mass is 10.1. The number of nitrogens with one attached hydrogen (secondary N) is 1. The van der Waals surface area contributed by atoms with Gasteiger partial charge in [-0.2, -0.15) is 0 Å². The van der Waals surface area contributed by atoms with E-state index in [0.717, 1.165) is 0 Å². The minimum absolute atomic E-state index is 0.0208. The number of nitro benzene ring substituents is 1. The first-order chi connectivity index (χ1) is 8.65. The van der Waals surface area contributed by atoms with Crippen molar-refractivity contribution >= 4 is 11.5 Å². The number of allylic oxidation sites excluding steroid dienone is 3. The minimum Gasteiger partial charge on any atom is -0.383 e. The molecule has 1 aromatic carbocycles. The Hall–Kier alpha value is -2.43. The Morgan fingerprint density at radius 3 is 2.56 bits per heavy atom. The molecule has 18 heavy (non-hydrogen) atoms. The molecule has 0 aliphatic carbocycles. The zero-order valence-corrected chi connectivity index (χ0v) is 10.00. The maximum atomic E-state index is 11.7. The SMILES string of the molecule is C/C=C\C=C/NCC(=O)c1ccc([N+](=O)[O-])cc1. The number of non-ortho nitro benzene ring substituents is 1. The lowest BCUT2D eigenvalue weighted by Crippen LogP contribution is -2.17. The Kier molecular flexibility index (Phi) is 5.31. The molecule has 0 heterocycles. The van der Waals surface area contributed by atoms with E-state index in [1.165, 1.54) is 24.3 Å². The molecule has 1 aromatic rings. The van der Waals surface area contributed by atoms with Crippen LogP contribution in [-0.2, 0) is 0 Å². The number of carbonyl (C=O) groups is 1. The third-order valence-corrected chi connectivity index (χ3v) is 2.18. The quantitative estimate of drug-likeness (QED) is 0.362. The number of hydrogen-bond acceptors (Lipinski definition) is 4. The van der Waals surface area contributed by atoms with Crippen LogP contribution in [0.4, 0.5) is 5.69 Å². The summed E-state index contributed by atoms with van der Waals surface area (Å²) in [4.78, 5) is 21.6. The van der Waals surface area contributed by atoms with Crippen LogP contribution in [0, 0.1) is 10.1 Å². The van der Waals surface area contributed by atoms with Crippen molar-refractivity contribution in [1.29, 1.82) is 0 Å². The number of Topliss-reactive ketones (excluding diaryl/α,β-unsaturated/α-hetero) is 1. The molecular formula is C13H14N2O3. The summed E-state index contributed by atoms with van der Waals surface area (Å²) in [6.07, 6.45) is 7.16. The van der Waals surface area contributed by atoms with Gasteiger partial charge >= 0.3 is 0 Å². The molecule has 5 nitrogen and oxygen atoms in total. The van der Waals surface area contributed by atoms with E-state index in [1.807, 2.05) is 19.1 Å². The van der Waals surface area contributed by atoms with Crippen LogP contribution in [0.5, 0.6) is 0 Å². The molecule has 0 atom stereocenters. The topological polar surface area (TPSA) is 72.2 Å². The van der Waals surface area contributed by atoms with Crippen molar-refractivity contribution < 1.29 is 9.72 Å². The normalized spacial score (nSPS) is 10.9. The van der Waals surface area contributed by atoms with Crippen LogP contribution in [0.3, 0.4) is 0 Å². The molecule has 1 N–H and O–H groups in total. The van der Waals surface area contributed by atoms with Crippen molar-refractivity contribution in [1.82, 2.24) is 5.32 Å². The Morgan fingerprint density at radius 2 is 2.00 bits per heavy atom. The van der Waals surface area contributed by atoms with Crippen molar-refractivity contribution in [3.63, 3.8) is 0 Å². The van der Waals surface area contributed by atoms with Crippen LogP contribution < -0.4 is 5.32 Å². The van der Waals surface area contributed by atoms with Gasteiger partial charge in [0, 0.05) is 17.7 Å². The molecule has 0 aliphatic rings. The Labute approximate surface area is 105 Å². The Balaban J connectivity index is 2.54. The molecule has 0 amide bonds. The van der Waals surface area contributed by atoms with Gasteiger partial charge < -0.3 is 5.32 Å². The summed E-state index contributed by atoms with van der Waals surface area (Å²) in [7, 11) is 0. The van der Waals surface area contributed by atoms with Crippen molar-refractivity contribution in [3.8, 4) is 0 Å². The van der Waals surface area contributed by atoms with Crippen LogP contribution >= 0.6 is 0 Å². The average molecular weight is 246 g/mol. The Bertz CT molecular complexity index is 476. The molecule has 0 saturated carbocycles. The van der Waals surface area contributed by atoms with Gasteiger partial charge in [-0.15, -0.1) is 0 Å². The highest BCUT2D eigenvalue weighted by Crippen LogP contribution is 2.11. The lowest BCUT2D eigenvalue weighted by Gasteiger charge is -2.00. The van der Waals surface area contributed by atoms with Gasteiger partial charge in [0.2, 0.25) is 0 Å². The highest BCUT2D eigenvalue weighted by molar-refractivity contribution is 5.97. The standard InChI is InChI=1S/C13H14N2O3/c1-2-3-4-9-14-10-13(16)11-5-7-12(8-6-11)15(17)18/h2-9,14H,10H2,1H3/b3-2-,9-4-. The van der Waals surface area contributed by atoms with Crippen LogP contribution in [0.15, 0.2) is 48.7 Å². The lowest BCUT2D eigenvalue weighted by molar-refractivity contribution is -0.384. The molecule has 0 bridgehead atoms. The third-order valence-electron chi connectivity index (χ3n) is 2.18. The molecule has 0 saturated heterocycles. The number of rotatable bonds is 6. The monoisotopic (exact) mass is 246 g/mol. The van der Waals surface area contributed by atoms with Crippen LogP contribution in [0.25, 0.3) is 0 Å². The number of benzene rings is 1. The summed E-state index contributed by atoms with van der Waals surface area (Å²) >= 11 is 0. The number of hydrogen-bond donors (Lipinski definition) is 1. The van der Waals surface area contributed by atoms with Gasteiger partial charge in [0.05, 0.1) is 11.5 Å². The molecule has 0 aromatic heterocycles. The molecule has 0 spiro atoms. The van der Waals surface area contributed by atoms with Crippen molar-refractivity contribution in [3.05, 3.63) is 64.4 Å². The van der Waals surface area contributed by atoms with Gasteiger partial charge in [0.15, 0.2) is 5.78 Å². The first-order valence-corrected chi connectivity index (χ1v) is 5.44. The fourth-order valence-corrected chi connectivity index (χ4v) is 1.26. The van der Waals surface area contributed by atoms with E-state index in [1.54, 1.807) is 12.3 Å². The minimum atomic E-state index is -0.494. The molecular weight excluding hydrogens is 232 g/mol. The van der Waals surface area contributed by atoms with E-state index in [4.69, 9.17) is 0 Å². The van der Waals surface area contributed by atoms with Crippen LogP contribution in [0.1, 0.15) is 17.3 Å². The number of ketones is 1. The first-order valence-electron chi connectivity index (χ1n) is 5.44. The van der Waals surface area contributed by atoms with Gasteiger partial charge in [-0.25, -0.2) is 0 Å². The molecule has 1 rings (SSSR count). The molecule has 0 fully saturated rings. The van der Waals surface area contributed by atoms with Gasteiger partial charge in [0.1, 0.15) is 0 Å². The number of nitro groups is 1. The predicted octanol–water partition coefficient (Wildman–Crippen LogP) is 2.46. The second kappa shape index (κ2) is 7.01. The summed E-state index contributed by atoms with van der Waals surface area (Å²) in [6, 6.07) is 5.56. The maximum Gasteiger partial charge on any atom is 0.269 e. The van der Waals surface area contributed by atoms with Crippen LogP contribution in [-0.4, -0.2) is 17.3 Å².